The molecule has 3 aromatic carbocycles. The molecule has 0 atom stereocenters. The molecule has 1 N–H and O–H groups in total. The van der Waals surface area contributed by atoms with Crippen molar-refractivity contribution in [1.29, 1.82) is 0 Å². The number of ether oxygens (including phenoxy) is 2. The number of hydrogen-bond acceptors (Lipinski definition) is 6. The number of rotatable bonds is 6. The molecule has 0 saturated heterocycles. The Morgan fingerprint density at radius 1 is 0.967 bits per heavy atom. The lowest BCUT2D eigenvalue weighted by molar-refractivity contribution is 0.414. The molecule has 30 heavy (non-hydrogen) atoms. The number of methoxy groups -OCH3 is 2. The van der Waals surface area contributed by atoms with Crippen LogP contribution in [-0.4, -0.2) is 27.6 Å². The number of halogens is 1. The highest BCUT2D eigenvalue weighted by Crippen LogP contribution is 2.33. The number of fused-ring (bicyclic) bond motifs is 1. The van der Waals surface area contributed by atoms with E-state index >= 15 is 0 Å². The molecule has 0 saturated carbocycles. The molecule has 0 amide bonds. The monoisotopic (exact) mass is 460 g/mol. The molecule has 1 aromatic heterocycles. The van der Waals surface area contributed by atoms with Crippen LogP contribution in [-0.2, 0) is 10.0 Å². The lowest BCUT2D eigenvalue weighted by atomic mass is 10.2. The van der Waals surface area contributed by atoms with Gasteiger partial charge in [0.25, 0.3) is 10.0 Å². The van der Waals surface area contributed by atoms with Crippen molar-refractivity contribution in [2.24, 2.45) is 0 Å². The number of anilines is 1. The van der Waals surface area contributed by atoms with Crippen LogP contribution in [0.4, 0.5) is 5.69 Å². The first-order valence-corrected chi connectivity index (χ1v) is 11.5. The van der Waals surface area contributed by atoms with E-state index < -0.39 is 10.0 Å². The fourth-order valence-corrected chi connectivity index (χ4v) is 5.27. The van der Waals surface area contributed by atoms with E-state index in [-0.39, 0.29) is 9.92 Å². The molecular weight excluding hydrogens is 444 g/mol. The molecule has 154 valence electrons. The van der Waals surface area contributed by atoms with Crippen LogP contribution in [0.2, 0.25) is 5.02 Å². The van der Waals surface area contributed by atoms with Crippen molar-refractivity contribution in [3.8, 4) is 22.1 Å². The third-order valence-electron chi connectivity index (χ3n) is 4.41. The Balaban J connectivity index is 1.57. The summed E-state index contributed by atoms with van der Waals surface area (Å²) in [6, 6.07) is 17.1. The second-order valence-corrected chi connectivity index (χ2v) is 9.45. The Kier molecular flexibility index (Phi) is 5.55. The molecule has 6 nitrogen and oxygen atoms in total. The van der Waals surface area contributed by atoms with Gasteiger partial charge in [0.15, 0.2) is 0 Å². The van der Waals surface area contributed by atoms with Gasteiger partial charge in [-0.25, -0.2) is 13.4 Å². The quantitative estimate of drug-likeness (QED) is 0.415. The molecule has 0 unspecified atom stereocenters. The van der Waals surface area contributed by atoms with Crippen LogP contribution in [0.15, 0.2) is 65.6 Å². The lowest BCUT2D eigenvalue weighted by Gasteiger charge is -2.10. The van der Waals surface area contributed by atoms with Gasteiger partial charge in [0.1, 0.15) is 16.5 Å². The highest BCUT2D eigenvalue weighted by atomic mass is 35.5. The van der Waals surface area contributed by atoms with Gasteiger partial charge in [0.05, 0.1) is 34.4 Å². The number of thiazole rings is 1. The molecule has 0 radical (unpaired) electrons. The molecule has 0 aliphatic heterocycles. The molecule has 0 aliphatic carbocycles. The van der Waals surface area contributed by atoms with E-state index in [0.29, 0.717) is 11.4 Å². The summed E-state index contributed by atoms with van der Waals surface area (Å²) in [6.07, 6.45) is 0. The van der Waals surface area contributed by atoms with Crippen molar-refractivity contribution in [1.82, 2.24) is 4.98 Å². The number of hydrogen-bond donors (Lipinski definition) is 1. The molecule has 0 bridgehead atoms. The maximum Gasteiger partial charge on any atom is 0.261 e. The normalized spacial score (nSPS) is 11.4. The third kappa shape index (κ3) is 4.07. The van der Waals surface area contributed by atoms with Crippen molar-refractivity contribution in [3.63, 3.8) is 0 Å². The van der Waals surface area contributed by atoms with E-state index in [1.165, 1.54) is 25.3 Å². The molecular formula is C21H17ClN2O4S2. The van der Waals surface area contributed by atoms with Gasteiger partial charge in [0, 0.05) is 11.3 Å². The van der Waals surface area contributed by atoms with Crippen molar-refractivity contribution in [3.05, 3.63) is 65.7 Å². The fraction of sp³-hybridized carbons (Fsp3) is 0.0952. The van der Waals surface area contributed by atoms with Gasteiger partial charge in [0.2, 0.25) is 0 Å². The van der Waals surface area contributed by atoms with Crippen molar-refractivity contribution < 1.29 is 17.9 Å². The first kappa shape index (κ1) is 20.5. The molecule has 9 heteroatoms. The first-order valence-electron chi connectivity index (χ1n) is 8.81. The summed E-state index contributed by atoms with van der Waals surface area (Å²) < 4.78 is 39.2. The van der Waals surface area contributed by atoms with E-state index in [2.05, 4.69) is 9.71 Å². The zero-order chi connectivity index (χ0) is 21.3. The SMILES string of the molecule is COc1ccc2nc(-c3ccc(NS(=O)(=O)c4ccc(OC)c(Cl)c4)cc3)sc2c1. The Labute approximate surface area is 183 Å². The van der Waals surface area contributed by atoms with Gasteiger partial charge in [-0.1, -0.05) is 11.6 Å². The third-order valence-corrected chi connectivity index (χ3v) is 7.15. The average molecular weight is 461 g/mol. The summed E-state index contributed by atoms with van der Waals surface area (Å²) in [4.78, 5) is 4.69. The van der Waals surface area contributed by atoms with Crippen LogP contribution in [0.1, 0.15) is 0 Å². The zero-order valence-corrected chi connectivity index (χ0v) is 18.4. The van der Waals surface area contributed by atoms with E-state index in [4.69, 9.17) is 21.1 Å². The van der Waals surface area contributed by atoms with Crippen molar-refractivity contribution in [2.45, 2.75) is 4.90 Å². The van der Waals surface area contributed by atoms with Gasteiger partial charge in [-0.15, -0.1) is 11.3 Å². The first-order chi connectivity index (χ1) is 14.4. The lowest BCUT2D eigenvalue weighted by Crippen LogP contribution is -2.12. The Bertz CT molecular complexity index is 1320. The molecule has 4 aromatic rings. The van der Waals surface area contributed by atoms with Crippen LogP contribution in [0, 0.1) is 0 Å². The Hall–Kier alpha value is -2.81. The Morgan fingerprint density at radius 3 is 2.40 bits per heavy atom. The molecule has 0 spiro atoms. The minimum atomic E-state index is -3.78. The van der Waals surface area contributed by atoms with Crippen LogP contribution in [0.5, 0.6) is 11.5 Å². The van der Waals surface area contributed by atoms with Gasteiger partial charge < -0.3 is 9.47 Å². The van der Waals surface area contributed by atoms with Gasteiger partial charge in [-0.2, -0.15) is 0 Å². The average Bonchev–Trinajstić information content (AvgIpc) is 3.17. The maximum absolute atomic E-state index is 12.7. The Morgan fingerprint density at radius 2 is 1.73 bits per heavy atom. The molecule has 0 aliphatic rings. The summed E-state index contributed by atoms with van der Waals surface area (Å²) in [5, 5.41) is 1.07. The number of benzene rings is 3. The predicted octanol–water partition coefficient (Wildman–Crippen LogP) is 5.43. The van der Waals surface area contributed by atoms with Crippen LogP contribution in [0.3, 0.4) is 0 Å². The number of aromatic nitrogens is 1. The van der Waals surface area contributed by atoms with E-state index in [1.807, 2.05) is 30.3 Å². The van der Waals surface area contributed by atoms with Gasteiger partial charge in [-0.05, 0) is 60.7 Å². The summed E-state index contributed by atoms with van der Waals surface area (Å²) in [6.45, 7) is 0. The number of sulfonamides is 1. The fourth-order valence-electron chi connectivity index (χ4n) is 2.86. The summed E-state index contributed by atoms with van der Waals surface area (Å²) in [5.41, 5.74) is 2.22. The minimum Gasteiger partial charge on any atom is -0.497 e. The van der Waals surface area contributed by atoms with Crippen LogP contribution < -0.4 is 14.2 Å². The van der Waals surface area contributed by atoms with E-state index in [0.717, 1.165) is 26.5 Å². The van der Waals surface area contributed by atoms with Crippen LogP contribution >= 0.6 is 22.9 Å². The second-order valence-electron chi connectivity index (χ2n) is 6.33. The van der Waals surface area contributed by atoms with Crippen molar-refractivity contribution >= 4 is 48.9 Å². The maximum atomic E-state index is 12.7. The second kappa shape index (κ2) is 8.14. The van der Waals surface area contributed by atoms with E-state index in [9.17, 15) is 8.42 Å². The number of nitrogens with one attached hydrogen (secondary N) is 1. The largest absolute Gasteiger partial charge is 0.497 e. The molecule has 1 heterocycles. The van der Waals surface area contributed by atoms with Gasteiger partial charge in [-0.3, -0.25) is 4.72 Å². The smallest absolute Gasteiger partial charge is 0.261 e. The number of nitrogens with zero attached hydrogens (tertiary/aromatic N) is 1. The molecule has 0 fully saturated rings. The minimum absolute atomic E-state index is 0.0532. The summed E-state index contributed by atoms with van der Waals surface area (Å²) >= 11 is 7.59. The predicted molar refractivity (Wildman–Crippen MR) is 120 cm³/mol. The van der Waals surface area contributed by atoms with Gasteiger partial charge >= 0.3 is 0 Å². The molecule has 4 rings (SSSR count). The van der Waals surface area contributed by atoms with Crippen molar-refractivity contribution in [2.75, 3.05) is 18.9 Å². The topological polar surface area (TPSA) is 77.5 Å². The van der Waals surface area contributed by atoms with Crippen LogP contribution in [0.25, 0.3) is 20.8 Å². The summed E-state index contributed by atoms with van der Waals surface area (Å²) in [7, 11) is -0.686. The zero-order valence-electron chi connectivity index (χ0n) is 16.0. The van der Waals surface area contributed by atoms with E-state index in [1.54, 1.807) is 30.6 Å². The summed E-state index contributed by atoms with van der Waals surface area (Å²) in [5.74, 6) is 1.19. The highest BCUT2D eigenvalue weighted by Gasteiger charge is 2.16. The standard InChI is InChI=1S/C21H17ClN2O4S2/c1-27-15-7-9-18-20(11-15)29-21(23-18)13-3-5-14(6-4-13)24-30(25,26)16-8-10-19(28-2)17(22)12-16/h3-12,24H,1-2H3. The highest BCUT2D eigenvalue weighted by molar-refractivity contribution is 7.92.